The summed E-state index contributed by atoms with van der Waals surface area (Å²) in [5.41, 5.74) is 0. The molecule has 0 saturated carbocycles. The van der Waals surface area contributed by atoms with E-state index in [4.69, 9.17) is 5.11 Å². The second kappa shape index (κ2) is 3.58. The van der Waals surface area contributed by atoms with E-state index in [0.717, 1.165) is 5.00 Å². The molecule has 0 aliphatic carbocycles. The molecule has 0 saturated heterocycles. The van der Waals surface area contributed by atoms with Gasteiger partial charge in [0.1, 0.15) is 6.04 Å². The van der Waals surface area contributed by atoms with Crippen molar-refractivity contribution in [3.63, 3.8) is 0 Å². The Bertz CT molecular complexity index is 258. The lowest BCUT2D eigenvalue weighted by Crippen LogP contribution is -2.35. The van der Waals surface area contributed by atoms with Crippen LogP contribution in [0.5, 0.6) is 0 Å². The zero-order chi connectivity index (χ0) is 9.14. The number of carboxylic acids is 1. The highest BCUT2D eigenvalue weighted by Gasteiger charge is 2.17. The van der Waals surface area contributed by atoms with Gasteiger partial charge in [0.15, 0.2) is 0 Å². The SMILES string of the molecule is C[C@@H](C(=O)O)N(C)c1cccs1. The van der Waals surface area contributed by atoms with Crippen LogP contribution in [0.3, 0.4) is 0 Å². The number of nitrogens with zero attached hydrogens (tertiary/aromatic N) is 1. The van der Waals surface area contributed by atoms with E-state index >= 15 is 0 Å². The van der Waals surface area contributed by atoms with E-state index in [2.05, 4.69) is 0 Å². The molecular weight excluding hydrogens is 174 g/mol. The number of carboxylic acid groups (broad SMARTS) is 1. The van der Waals surface area contributed by atoms with Crippen molar-refractivity contribution >= 4 is 22.3 Å². The van der Waals surface area contributed by atoms with E-state index in [1.54, 1.807) is 18.9 Å². The van der Waals surface area contributed by atoms with Gasteiger partial charge < -0.3 is 10.0 Å². The van der Waals surface area contributed by atoms with Gasteiger partial charge in [-0.3, -0.25) is 0 Å². The monoisotopic (exact) mass is 185 g/mol. The van der Waals surface area contributed by atoms with E-state index in [-0.39, 0.29) is 0 Å². The Hall–Kier alpha value is -1.03. The number of rotatable bonds is 3. The largest absolute Gasteiger partial charge is 0.480 e. The van der Waals surface area contributed by atoms with E-state index < -0.39 is 12.0 Å². The maximum absolute atomic E-state index is 10.6. The van der Waals surface area contributed by atoms with Crippen molar-refractivity contribution in [2.45, 2.75) is 13.0 Å². The number of hydrogen-bond donors (Lipinski definition) is 1. The van der Waals surface area contributed by atoms with Crippen molar-refractivity contribution in [1.82, 2.24) is 0 Å². The minimum Gasteiger partial charge on any atom is -0.480 e. The fourth-order valence-corrected chi connectivity index (χ4v) is 1.61. The minimum absolute atomic E-state index is 0.469. The summed E-state index contributed by atoms with van der Waals surface area (Å²) >= 11 is 1.54. The zero-order valence-electron chi connectivity index (χ0n) is 7.02. The third-order valence-corrected chi connectivity index (χ3v) is 2.75. The van der Waals surface area contributed by atoms with Crippen molar-refractivity contribution in [2.24, 2.45) is 0 Å². The fraction of sp³-hybridized carbons (Fsp3) is 0.375. The molecule has 1 rings (SSSR count). The van der Waals surface area contributed by atoms with Gasteiger partial charge in [-0.25, -0.2) is 4.79 Å². The Morgan fingerprint density at radius 1 is 1.75 bits per heavy atom. The highest BCUT2D eigenvalue weighted by Crippen LogP contribution is 2.21. The number of thiophene rings is 1. The molecule has 0 aliphatic rings. The summed E-state index contributed by atoms with van der Waals surface area (Å²) in [6.07, 6.45) is 0. The van der Waals surface area contributed by atoms with Crippen LogP contribution in [0.4, 0.5) is 5.00 Å². The van der Waals surface area contributed by atoms with Gasteiger partial charge in [-0.15, -0.1) is 11.3 Å². The number of hydrogen-bond acceptors (Lipinski definition) is 3. The Balaban J connectivity index is 2.71. The third kappa shape index (κ3) is 1.76. The predicted molar refractivity (Wildman–Crippen MR) is 49.8 cm³/mol. The van der Waals surface area contributed by atoms with E-state index in [1.807, 2.05) is 17.5 Å². The summed E-state index contributed by atoms with van der Waals surface area (Å²) in [5.74, 6) is -0.800. The zero-order valence-corrected chi connectivity index (χ0v) is 7.84. The molecule has 0 radical (unpaired) electrons. The number of likely N-dealkylation sites (N-methyl/N-ethyl adjacent to an activating group) is 1. The average Bonchev–Trinajstić information content (AvgIpc) is 2.53. The molecule has 4 heteroatoms. The van der Waals surface area contributed by atoms with Crippen LogP contribution in [0.25, 0.3) is 0 Å². The Morgan fingerprint density at radius 3 is 2.83 bits per heavy atom. The van der Waals surface area contributed by atoms with Crippen LogP contribution < -0.4 is 4.90 Å². The summed E-state index contributed by atoms with van der Waals surface area (Å²) in [7, 11) is 1.78. The standard InChI is InChI=1S/C8H11NO2S/c1-6(8(10)11)9(2)7-4-3-5-12-7/h3-6H,1-2H3,(H,10,11)/t6-/m0/s1. The fourth-order valence-electron chi connectivity index (χ4n) is 0.827. The highest BCUT2D eigenvalue weighted by molar-refractivity contribution is 7.14. The molecule has 0 aromatic carbocycles. The minimum atomic E-state index is -0.800. The first-order valence-electron chi connectivity index (χ1n) is 3.62. The molecule has 0 aliphatic heterocycles. The molecule has 0 spiro atoms. The Labute approximate surface area is 75.2 Å². The van der Waals surface area contributed by atoms with Crippen molar-refractivity contribution < 1.29 is 9.90 Å². The van der Waals surface area contributed by atoms with Gasteiger partial charge in [-0.1, -0.05) is 0 Å². The molecule has 1 heterocycles. The third-order valence-electron chi connectivity index (χ3n) is 1.79. The molecule has 3 nitrogen and oxygen atoms in total. The lowest BCUT2D eigenvalue weighted by Gasteiger charge is -2.21. The Kier molecular flexibility index (Phi) is 2.70. The first-order chi connectivity index (χ1) is 5.63. The lowest BCUT2D eigenvalue weighted by molar-refractivity contribution is -0.138. The summed E-state index contributed by atoms with van der Waals surface area (Å²) in [6, 6.07) is 3.35. The van der Waals surface area contributed by atoms with Crippen LogP contribution in [0.2, 0.25) is 0 Å². The second-order valence-electron chi connectivity index (χ2n) is 2.58. The highest BCUT2D eigenvalue weighted by atomic mass is 32.1. The second-order valence-corrected chi connectivity index (χ2v) is 3.50. The summed E-state index contributed by atoms with van der Waals surface area (Å²) in [6.45, 7) is 1.67. The Morgan fingerprint density at radius 2 is 2.42 bits per heavy atom. The van der Waals surface area contributed by atoms with Gasteiger partial charge in [-0.05, 0) is 24.4 Å². The van der Waals surface area contributed by atoms with Crippen LogP contribution in [-0.4, -0.2) is 24.2 Å². The van der Waals surface area contributed by atoms with Gasteiger partial charge >= 0.3 is 5.97 Å². The molecule has 0 unspecified atom stereocenters. The number of aliphatic carboxylic acids is 1. The van der Waals surface area contributed by atoms with E-state index in [1.165, 1.54) is 11.3 Å². The van der Waals surface area contributed by atoms with Crippen LogP contribution in [0, 0.1) is 0 Å². The lowest BCUT2D eigenvalue weighted by atomic mass is 10.3. The molecular formula is C8H11NO2S. The smallest absolute Gasteiger partial charge is 0.326 e. The van der Waals surface area contributed by atoms with Crippen molar-refractivity contribution in [2.75, 3.05) is 11.9 Å². The van der Waals surface area contributed by atoms with Crippen LogP contribution in [0.15, 0.2) is 17.5 Å². The number of carbonyl (C=O) groups is 1. The van der Waals surface area contributed by atoms with Gasteiger partial charge in [-0.2, -0.15) is 0 Å². The van der Waals surface area contributed by atoms with Crippen molar-refractivity contribution in [3.8, 4) is 0 Å². The van der Waals surface area contributed by atoms with Gasteiger partial charge in [0.05, 0.1) is 5.00 Å². The maximum Gasteiger partial charge on any atom is 0.326 e. The molecule has 1 aromatic heterocycles. The molecule has 0 bridgehead atoms. The molecule has 0 amide bonds. The normalized spacial score (nSPS) is 12.5. The molecule has 1 atom stereocenters. The van der Waals surface area contributed by atoms with Crippen LogP contribution in [-0.2, 0) is 4.79 Å². The first-order valence-corrected chi connectivity index (χ1v) is 4.50. The summed E-state index contributed by atoms with van der Waals surface area (Å²) < 4.78 is 0. The summed E-state index contributed by atoms with van der Waals surface area (Å²) in [4.78, 5) is 12.3. The molecule has 66 valence electrons. The van der Waals surface area contributed by atoms with E-state index in [0.29, 0.717) is 0 Å². The maximum atomic E-state index is 10.6. The first kappa shape index (κ1) is 9.06. The predicted octanol–water partition coefficient (Wildman–Crippen LogP) is 1.66. The molecule has 12 heavy (non-hydrogen) atoms. The molecule has 1 N–H and O–H groups in total. The van der Waals surface area contributed by atoms with Gasteiger partial charge in [0, 0.05) is 7.05 Å². The quantitative estimate of drug-likeness (QED) is 0.778. The van der Waals surface area contributed by atoms with Crippen LogP contribution >= 0.6 is 11.3 Å². The summed E-state index contributed by atoms with van der Waals surface area (Å²) in [5, 5.41) is 11.6. The van der Waals surface area contributed by atoms with Crippen LogP contribution in [0.1, 0.15) is 6.92 Å². The number of anilines is 1. The van der Waals surface area contributed by atoms with Crippen molar-refractivity contribution in [1.29, 1.82) is 0 Å². The molecule has 1 aromatic rings. The average molecular weight is 185 g/mol. The topological polar surface area (TPSA) is 40.5 Å². The van der Waals surface area contributed by atoms with Gasteiger partial charge in [0.2, 0.25) is 0 Å². The van der Waals surface area contributed by atoms with E-state index in [9.17, 15) is 4.79 Å². The molecule has 0 fully saturated rings. The van der Waals surface area contributed by atoms with Gasteiger partial charge in [0.25, 0.3) is 0 Å². The van der Waals surface area contributed by atoms with Crippen molar-refractivity contribution in [3.05, 3.63) is 17.5 Å².